The van der Waals surface area contributed by atoms with Crippen molar-refractivity contribution in [1.29, 1.82) is 0 Å². The van der Waals surface area contributed by atoms with Gasteiger partial charge in [-0.2, -0.15) is 0 Å². The third kappa shape index (κ3) is 2.07. The van der Waals surface area contributed by atoms with Crippen molar-refractivity contribution in [2.24, 2.45) is 11.8 Å². The van der Waals surface area contributed by atoms with Crippen molar-refractivity contribution >= 4 is 0 Å². The lowest BCUT2D eigenvalue weighted by Crippen LogP contribution is -2.45. The first-order chi connectivity index (χ1) is 6.15. The lowest BCUT2D eigenvalue weighted by molar-refractivity contribution is -0.0918. The fraction of sp³-hybridized carbons (Fsp3) is 1.00. The molecule has 1 fully saturated rings. The van der Waals surface area contributed by atoms with Crippen molar-refractivity contribution in [3.05, 3.63) is 0 Å². The summed E-state index contributed by atoms with van der Waals surface area (Å²) in [7, 11) is 0. The zero-order valence-electron chi connectivity index (χ0n) is 9.34. The third-order valence-corrected chi connectivity index (χ3v) is 4.05. The highest BCUT2D eigenvalue weighted by Crippen LogP contribution is 2.41. The van der Waals surface area contributed by atoms with Crippen LogP contribution in [0.2, 0.25) is 0 Å². The second-order valence-corrected chi connectivity index (χ2v) is 4.65. The van der Waals surface area contributed by atoms with Gasteiger partial charge in [0, 0.05) is 0 Å². The van der Waals surface area contributed by atoms with Crippen LogP contribution in [0.1, 0.15) is 59.3 Å². The van der Waals surface area contributed by atoms with E-state index in [0.717, 1.165) is 19.3 Å². The monoisotopic (exact) mass is 184 g/mol. The van der Waals surface area contributed by atoms with E-state index in [9.17, 15) is 5.11 Å². The molecule has 0 aromatic heterocycles. The fourth-order valence-electron chi connectivity index (χ4n) is 2.81. The maximum Gasteiger partial charge on any atom is 0.0701 e. The van der Waals surface area contributed by atoms with Gasteiger partial charge in [0.25, 0.3) is 0 Å². The zero-order chi connectivity index (χ0) is 9.90. The molecular weight excluding hydrogens is 160 g/mol. The van der Waals surface area contributed by atoms with Gasteiger partial charge in [0.1, 0.15) is 0 Å². The Morgan fingerprint density at radius 2 is 2.08 bits per heavy atom. The molecule has 0 amide bonds. The Morgan fingerprint density at radius 1 is 1.38 bits per heavy atom. The first kappa shape index (κ1) is 11.0. The molecule has 0 saturated heterocycles. The largest absolute Gasteiger partial charge is 0.389 e. The van der Waals surface area contributed by atoms with Crippen LogP contribution in [0.3, 0.4) is 0 Å². The SMILES string of the molecule is CCC(C)C1(O)CCCCC1CC. The quantitative estimate of drug-likeness (QED) is 0.713. The first-order valence-electron chi connectivity index (χ1n) is 5.87. The summed E-state index contributed by atoms with van der Waals surface area (Å²) in [6, 6.07) is 0. The van der Waals surface area contributed by atoms with E-state index in [4.69, 9.17) is 0 Å². The summed E-state index contributed by atoms with van der Waals surface area (Å²) in [6.07, 6.45) is 7.04. The molecule has 0 radical (unpaired) electrons. The summed E-state index contributed by atoms with van der Waals surface area (Å²) in [6.45, 7) is 6.60. The van der Waals surface area contributed by atoms with Crippen LogP contribution < -0.4 is 0 Å². The van der Waals surface area contributed by atoms with Gasteiger partial charge in [0.15, 0.2) is 0 Å². The molecule has 0 bridgehead atoms. The van der Waals surface area contributed by atoms with Crippen LogP contribution in [-0.2, 0) is 0 Å². The Morgan fingerprint density at radius 3 is 2.62 bits per heavy atom. The zero-order valence-corrected chi connectivity index (χ0v) is 9.34. The third-order valence-electron chi connectivity index (χ3n) is 4.05. The minimum absolute atomic E-state index is 0.345. The molecule has 0 aliphatic heterocycles. The van der Waals surface area contributed by atoms with Crippen LogP contribution in [0.25, 0.3) is 0 Å². The molecule has 0 aromatic carbocycles. The predicted octanol–water partition coefficient (Wildman–Crippen LogP) is 3.36. The minimum atomic E-state index is -0.345. The standard InChI is InChI=1S/C12H24O/c1-4-10(3)12(13)9-7-6-8-11(12)5-2/h10-11,13H,4-9H2,1-3H3. The topological polar surface area (TPSA) is 20.2 Å². The normalized spacial score (nSPS) is 37.4. The van der Waals surface area contributed by atoms with Gasteiger partial charge in [-0.3, -0.25) is 0 Å². The molecule has 0 heterocycles. The van der Waals surface area contributed by atoms with E-state index in [1.54, 1.807) is 0 Å². The lowest BCUT2D eigenvalue weighted by atomic mass is 9.67. The van der Waals surface area contributed by atoms with E-state index < -0.39 is 0 Å². The van der Waals surface area contributed by atoms with E-state index in [1.165, 1.54) is 19.3 Å². The van der Waals surface area contributed by atoms with E-state index in [2.05, 4.69) is 20.8 Å². The molecule has 1 N–H and O–H groups in total. The number of hydrogen-bond acceptors (Lipinski definition) is 1. The molecule has 1 heteroatoms. The van der Waals surface area contributed by atoms with Crippen molar-refractivity contribution in [2.75, 3.05) is 0 Å². The van der Waals surface area contributed by atoms with Gasteiger partial charge in [0.2, 0.25) is 0 Å². The van der Waals surface area contributed by atoms with Crippen molar-refractivity contribution in [3.8, 4) is 0 Å². The van der Waals surface area contributed by atoms with Gasteiger partial charge < -0.3 is 5.11 Å². The molecule has 3 atom stereocenters. The van der Waals surface area contributed by atoms with Gasteiger partial charge >= 0.3 is 0 Å². The molecular formula is C12H24O. The number of rotatable bonds is 3. The van der Waals surface area contributed by atoms with Crippen molar-refractivity contribution < 1.29 is 5.11 Å². The molecule has 1 nitrogen and oxygen atoms in total. The van der Waals surface area contributed by atoms with Crippen LogP contribution in [-0.4, -0.2) is 10.7 Å². The molecule has 78 valence electrons. The Labute approximate surface area is 82.5 Å². The Kier molecular flexibility index (Phi) is 3.78. The molecule has 1 aliphatic carbocycles. The molecule has 3 unspecified atom stereocenters. The van der Waals surface area contributed by atoms with Gasteiger partial charge in [-0.15, -0.1) is 0 Å². The van der Waals surface area contributed by atoms with Crippen molar-refractivity contribution in [3.63, 3.8) is 0 Å². The van der Waals surface area contributed by atoms with E-state index in [0.29, 0.717) is 11.8 Å². The smallest absolute Gasteiger partial charge is 0.0701 e. The summed E-state index contributed by atoms with van der Waals surface area (Å²) >= 11 is 0. The Hall–Kier alpha value is -0.0400. The van der Waals surface area contributed by atoms with Gasteiger partial charge in [-0.05, 0) is 24.7 Å². The highest BCUT2D eigenvalue weighted by Gasteiger charge is 2.41. The Bertz CT molecular complexity index is 155. The summed E-state index contributed by atoms with van der Waals surface area (Å²) in [5.41, 5.74) is -0.345. The van der Waals surface area contributed by atoms with Crippen molar-refractivity contribution in [1.82, 2.24) is 0 Å². The second kappa shape index (κ2) is 4.45. The lowest BCUT2D eigenvalue weighted by Gasteiger charge is -2.44. The summed E-state index contributed by atoms with van der Waals surface area (Å²) < 4.78 is 0. The van der Waals surface area contributed by atoms with Gasteiger partial charge in [-0.1, -0.05) is 46.5 Å². The van der Waals surface area contributed by atoms with Gasteiger partial charge in [0.05, 0.1) is 5.60 Å². The average molecular weight is 184 g/mol. The molecule has 1 saturated carbocycles. The van der Waals surface area contributed by atoms with E-state index >= 15 is 0 Å². The molecule has 13 heavy (non-hydrogen) atoms. The van der Waals surface area contributed by atoms with Crippen LogP contribution in [0, 0.1) is 11.8 Å². The van der Waals surface area contributed by atoms with Crippen LogP contribution in [0.4, 0.5) is 0 Å². The summed E-state index contributed by atoms with van der Waals surface area (Å²) in [5, 5.41) is 10.6. The Balaban J connectivity index is 2.70. The number of hydrogen-bond donors (Lipinski definition) is 1. The van der Waals surface area contributed by atoms with Crippen LogP contribution in [0.15, 0.2) is 0 Å². The molecule has 1 rings (SSSR count). The number of aliphatic hydroxyl groups is 1. The molecule has 0 spiro atoms. The predicted molar refractivity (Wildman–Crippen MR) is 56.7 cm³/mol. The highest BCUT2D eigenvalue weighted by atomic mass is 16.3. The van der Waals surface area contributed by atoms with Crippen molar-refractivity contribution in [2.45, 2.75) is 64.9 Å². The highest BCUT2D eigenvalue weighted by molar-refractivity contribution is 4.92. The minimum Gasteiger partial charge on any atom is -0.389 e. The van der Waals surface area contributed by atoms with E-state index in [-0.39, 0.29) is 5.60 Å². The van der Waals surface area contributed by atoms with E-state index in [1.807, 2.05) is 0 Å². The van der Waals surface area contributed by atoms with Crippen LogP contribution in [0.5, 0.6) is 0 Å². The van der Waals surface area contributed by atoms with Gasteiger partial charge in [-0.25, -0.2) is 0 Å². The fourth-order valence-corrected chi connectivity index (χ4v) is 2.81. The molecule has 0 aromatic rings. The summed E-state index contributed by atoms with van der Waals surface area (Å²) in [5.74, 6) is 1.02. The summed E-state index contributed by atoms with van der Waals surface area (Å²) in [4.78, 5) is 0. The average Bonchev–Trinajstić information content (AvgIpc) is 2.17. The first-order valence-corrected chi connectivity index (χ1v) is 5.87. The molecule has 1 aliphatic rings. The maximum atomic E-state index is 10.6. The maximum absolute atomic E-state index is 10.6. The second-order valence-electron chi connectivity index (χ2n) is 4.65. The van der Waals surface area contributed by atoms with Crippen LogP contribution >= 0.6 is 0 Å².